The van der Waals surface area contributed by atoms with E-state index in [2.05, 4.69) is 22.2 Å². The molecule has 0 saturated heterocycles. The monoisotopic (exact) mass is 413 g/mol. The van der Waals surface area contributed by atoms with Crippen molar-refractivity contribution in [2.75, 3.05) is 7.05 Å². The van der Waals surface area contributed by atoms with Gasteiger partial charge in [0.2, 0.25) is 5.91 Å². The van der Waals surface area contributed by atoms with Gasteiger partial charge in [-0.15, -0.1) is 0 Å². The Kier molecular flexibility index (Phi) is 4.86. The van der Waals surface area contributed by atoms with Crippen molar-refractivity contribution in [1.82, 2.24) is 24.2 Å². The Labute approximate surface area is 179 Å². The molecule has 31 heavy (non-hydrogen) atoms. The molecule has 0 spiro atoms. The zero-order chi connectivity index (χ0) is 21.4. The Morgan fingerprint density at radius 3 is 2.74 bits per heavy atom. The summed E-state index contributed by atoms with van der Waals surface area (Å²) in [7, 11) is 1.82. The van der Waals surface area contributed by atoms with Crippen molar-refractivity contribution in [3.63, 3.8) is 0 Å². The number of aryl methyl sites for hydroxylation is 1. The van der Waals surface area contributed by atoms with Gasteiger partial charge in [0.05, 0.1) is 17.9 Å². The molecule has 0 radical (unpaired) electrons. The quantitative estimate of drug-likeness (QED) is 0.515. The van der Waals surface area contributed by atoms with Gasteiger partial charge in [-0.1, -0.05) is 42.5 Å². The zero-order valence-electron chi connectivity index (χ0n) is 17.3. The second-order valence-corrected chi connectivity index (χ2v) is 7.92. The van der Waals surface area contributed by atoms with Gasteiger partial charge in [0.1, 0.15) is 18.3 Å². The highest BCUT2D eigenvalue weighted by molar-refractivity contribution is 5.78. The van der Waals surface area contributed by atoms with Crippen molar-refractivity contribution >= 4 is 16.9 Å². The van der Waals surface area contributed by atoms with Gasteiger partial charge < -0.3 is 4.90 Å². The zero-order valence-corrected chi connectivity index (χ0v) is 17.3. The highest BCUT2D eigenvalue weighted by atomic mass is 16.2. The van der Waals surface area contributed by atoms with Crippen LogP contribution in [0.5, 0.6) is 0 Å². The van der Waals surface area contributed by atoms with Crippen LogP contribution in [0.25, 0.3) is 16.7 Å². The molecule has 2 heterocycles. The predicted octanol–water partition coefficient (Wildman–Crippen LogP) is 3.12. The van der Waals surface area contributed by atoms with Crippen molar-refractivity contribution in [2.24, 2.45) is 0 Å². The van der Waals surface area contributed by atoms with Gasteiger partial charge >= 0.3 is 0 Å². The van der Waals surface area contributed by atoms with Crippen molar-refractivity contribution in [2.45, 2.75) is 31.8 Å². The minimum atomic E-state index is -0.266. The average molecular weight is 413 g/mol. The molecular formula is C24H23N5O2. The van der Waals surface area contributed by atoms with Gasteiger partial charge in [-0.2, -0.15) is 5.10 Å². The minimum Gasteiger partial charge on any atom is -0.337 e. The molecule has 4 aromatic rings. The summed E-state index contributed by atoms with van der Waals surface area (Å²) < 4.78 is 3.00. The fourth-order valence-electron chi connectivity index (χ4n) is 4.38. The number of amides is 1. The lowest BCUT2D eigenvalue weighted by Crippen LogP contribution is -2.37. The Hall–Kier alpha value is -3.74. The first-order chi connectivity index (χ1) is 15.1. The first-order valence-corrected chi connectivity index (χ1v) is 10.5. The largest absolute Gasteiger partial charge is 0.337 e. The van der Waals surface area contributed by atoms with Crippen LogP contribution in [0.3, 0.4) is 0 Å². The van der Waals surface area contributed by atoms with E-state index < -0.39 is 0 Å². The molecule has 1 aliphatic rings. The Bertz CT molecular complexity index is 1310. The number of hydrogen-bond acceptors (Lipinski definition) is 4. The molecule has 2 aromatic heterocycles. The number of hydrogen-bond donors (Lipinski definition) is 0. The van der Waals surface area contributed by atoms with E-state index in [9.17, 15) is 9.59 Å². The van der Waals surface area contributed by atoms with E-state index >= 15 is 0 Å². The first kappa shape index (κ1) is 19.2. The molecule has 0 N–H and O–H groups in total. The third-order valence-corrected chi connectivity index (χ3v) is 6.06. The molecule has 1 atom stereocenters. The SMILES string of the molecule is CN(C(=O)Cn1cnc2c(cnn2-c2ccccc2)c1=O)[C@H]1CCCc2ccccc21. The summed E-state index contributed by atoms with van der Waals surface area (Å²) in [5, 5.41) is 4.72. The lowest BCUT2D eigenvalue weighted by Gasteiger charge is -2.33. The van der Waals surface area contributed by atoms with Crippen LogP contribution in [-0.4, -0.2) is 37.2 Å². The standard InChI is InChI=1S/C24H23N5O2/c1-27(21-13-7-9-17-8-5-6-12-19(17)21)22(30)15-28-16-25-23-20(24(28)31)14-26-29(23)18-10-3-2-4-11-18/h2-6,8,10-12,14,16,21H,7,9,13,15H2,1H3/t21-/m0/s1. The maximum atomic E-state index is 13.1. The number of likely N-dealkylation sites (N-methyl/N-ethyl adjacent to an activating group) is 1. The fraction of sp³-hybridized carbons (Fsp3) is 0.250. The number of para-hydroxylation sites is 1. The molecule has 0 fully saturated rings. The number of rotatable bonds is 4. The van der Waals surface area contributed by atoms with E-state index in [4.69, 9.17) is 0 Å². The Morgan fingerprint density at radius 1 is 1.13 bits per heavy atom. The van der Waals surface area contributed by atoms with Gasteiger partial charge in [-0.25, -0.2) is 9.67 Å². The average Bonchev–Trinajstić information content (AvgIpc) is 3.25. The van der Waals surface area contributed by atoms with Crippen LogP contribution in [0.15, 0.2) is 71.9 Å². The van der Waals surface area contributed by atoms with Gasteiger partial charge in [-0.05, 0) is 42.5 Å². The summed E-state index contributed by atoms with van der Waals surface area (Å²) in [6.07, 6.45) is 5.97. The molecule has 2 aromatic carbocycles. The third kappa shape index (κ3) is 3.42. The molecule has 0 unspecified atom stereocenters. The van der Waals surface area contributed by atoms with Crippen molar-refractivity contribution in [1.29, 1.82) is 0 Å². The Morgan fingerprint density at radius 2 is 1.90 bits per heavy atom. The predicted molar refractivity (Wildman–Crippen MR) is 118 cm³/mol. The molecule has 0 bridgehead atoms. The van der Waals surface area contributed by atoms with Crippen molar-refractivity contribution in [3.05, 3.63) is 88.6 Å². The summed E-state index contributed by atoms with van der Waals surface area (Å²) in [4.78, 5) is 32.3. The van der Waals surface area contributed by atoms with Crippen LogP contribution in [0.2, 0.25) is 0 Å². The summed E-state index contributed by atoms with van der Waals surface area (Å²) in [5.74, 6) is -0.111. The van der Waals surface area contributed by atoms with Crippen molar-refractivity contribution in [3.8, 4) is 5.69 Å². The van der Waals surface area contributed by atoms with Crippen LogP contribution in [-0.2, 0) is 17.8 Å². The number of nitrogens with zero attached hydrogens (tertiary/aromatic N) is 5. The first-order valence-electron chi connectivity index (χ1n) is 10.5. The van der Waals surface area contributed by atoms with Crippen LogP contribution in [0.4, 0.5) is 0 Å². The minimum absolute atomic E-state index is 0.0330. The van der Waals surface area contributed by atoms with Gasteiger partial charge in [0, 0.05) is 7.05 Å². The second kappa shape index (κ2) is 7.83. The van der Waals surface area contributed by atoms with Gasteiger partial charge in [-0.3, -0.25) is 14.2 Å². The summed E-state index contributed by atoms with van der Waals surface area (Å²) in [6.45, 7) is -0.0482. The van der Waals surface area contributed by atoms with E-state index in [1.807, 2.05) is 49.5 Å². The Balaban J connectivity index is 1.41. The molecule has 1 amide bonds. The lowest BCUT2D eigenvalue weighted by atomic mass is 9.87. The van der Waals surface area contributed by atoms with Crippen LogP contribution in [0.1, 0.15) is 30.0 Å². The molecular weight excluding hydrogens is 390 g/mol. The molecule has 7 heteroatoms. The smallest absolute Gasteiger partial charge is 0.264 e. The second-order valence-electron chi connectivity index (χ2n) is 7.92. The maximum absolute atomic E-state index is 13.1. The highest BCUT2D eigenvalue weighted by Gasteiger charge is 2.27. The molecule has 5 rings (SSSR count). The number of carbonyl (C=O) groups excluding carboxylic acids is 1. The van der Waals surface area contributed by atoms with Crippen LogP contribution in [0, 0.1) is 0 Å². The van der Waals surface area contributed by atoms with Crippen LogP contribution >= 0.6 is 0 Å². The number of fused-ring (bicyclic) bond motifs is 2. The molecule has 1 aliphatic carbocycles. The van der Waals surface area contributed by atoms with Gasteiger partial charge in [0.25, 0.3) is 5.56 Å². The van der Waals surface area contributed by atoms with E-state index in [-0.39, 0.29) is 24.1 Å². The molecule has 0 aliphatic heterocycles. The third-order valence-electron chi connectivity index (χ3n) is 6.06. The van der Waals surface area contributed by atoms with E-state index in [0.29, 0.717) is 11.0 Å². The number of benzene rings is 2. The topological polar surface area (TPSA) is 73.0 Å². The van der Waals surface area contributed by atoms with E-state index in [1.165, 1.54) is 28.2 Å². The maximum Gasteiger partial charge on any atom is 0.264 e. The summed E-state index contributed by atoms with van der Waals surface area (Å²) >= 11 is 0. The van der Waals surface area contributed by atoms with Crippen LogP contribution < -0.4 is 5.56 Å². The van der Waals surface area contributed by atoms with Crippen molar-refractivity contribution < 1.29 is 4.79 Å². The van der Waals surface area contributed by atoms with E-state index in [0.717, 1.165) is 24.9 Å². The summed E-state index contributed by atoms with van der Waals surface area (Å²) in [5.41, 5.74) is 3.54. The molecule has 0 saturated carbocycles. The number of carbonyl (C=O) groups is 1. The highest BCUT2D eigenvalue weighted by Crippen LogP contribution is 2.33. The lowest BCUT2D eigenvalue weighted by molar-refractivity contribution is -0.133. The van der Waals surface area contributed by atoms with E-state index in [1.54, 1.807) is 9.58 Å². The normalized spacial score (nSPS) is 15.6. The fourth-order valence-corrected chi connectivity index (χ4v) is 4.38. The molecule has 7 nitrogen and oxygen atoms in total. The summed E-state index contributed by atoms with van der Waals surface area (Å²) in [6, 6.07) is 17.9. The molecule has 156 valence electrons. The van der Waals surface area contributed by atoms with Gasteiger partial charge in [0.15, 0.2) is 5.65 Å². The number of aromatic nitrogens is 4.